The van der Waals surface area contributed by atoms with Crippen LogP contribution >= 0.6 is 34.5 Å². The second-order valence-corrected chi connectivity index (χ2v) is 3.57. The Balaban J connectivity index is 3.14. The summed E-state index contributed by atoms with van der Waals surface area (Å²) in [6, 6.07) is 1.63. The van der Waals surface area contributed by atoms with Crippen molar-refractivity contribution >= 4 is 40.2 Å². The average Bonchev–Trinajstić information content (AvgIpc) is 1.85. The van der Waals surface area contributed by atoms with E-state index in [2.05, 4.69) is 0 Å². The quantitative estimate of drug-likeness (QED) is 0.633. The van der Waals surface area contributed by atoms with Crippen molar-refractivity contribution in [2.45, 2.75) is 0 Å². The van der Waals surface area contributed by atoms with Crippen LogP contribution in [-0.4, -0.2) is 0 Å². The smallest absolute Gasteiger partial charge is 0.117 e. The first-order valence-corrected chi connectivity index (χ1v) is 3.47. The number of rotatable bonds is 0. The minimum absolute atomic E-state index is 0.557. The SMILES string of the molecule is Nc1cc(Cl)sc1Cl. The number of hydrogen-bond acceptors (Lipinski definition) is 2. The van der Waals surface area contributed by atoms with Gasteiger partial charge >= 0.3 is 0 Å². The summed E-state index contributed by atoms with van der Waals surface area (Å²) in [7, 11) is 0. The van der Waals surface area contributed by atoms with Gasteiger partial charge in [0.1, 0.15) is 4.34 Å². The van der Waals surface area contributed by atoms with Crippen molar-refractivity contribution in [3.63, 3.8) is 0 Å². The lowest BCUT2D eigenvalue weighted by molar-refractivity contribution is 1.88. The van der Waals surface area contributed by atoms with E-state index in [9.17, 15) is 0 Å². The van der Waals surface area contributed by atoms with E-state index in [4.69, 9.17) is 28.9 Å². The van der Waals surface area contributed by atoms with Crippen molar-refractivity contribution in [3.05, 3.63) is 14.7 Å². The van der Waals surface area contributed by atoms with E-state index >= 15 is 0 Å². The van der Waals surface area contributed by atoms with E-state index in [-0.39, 0.29) is 0 Å². The normalized spacial score (nSPS) is 9.75. The molecule has 1 heterocycles. The molecule has 44 valence electrons. The molecule has 0 atom stereocenters. The molecule has 0 saturated carbocycles. The first kappa shape index (κ1) is 6.20. The van der Waals surface area contributed by atoms with Gasteiger partial charge in [-0.1, -0.05) is 23.2 Å². The highest BCUT2D eigenvalue weighted by molar-refractivity contribution is 7.20. The lowest BCUT2D eigenvalue weighted by atomic mass is 10.6. The molecule has 0 aliphatic rings. The molecule has 8 heavy (non-hydrogen) atoms. The standard InChI is InChI=1S/C4H3Cl2NS/c5-3-1-2(7)4(6)8-3/h1H,7H2. The van der Waals surface area contributed by atoms with Crippen LogP contribution in [0.3, 0.4) is 0 Å². The second-order valence-electron chi connectivity index (χ2n) is 1.28. The zero-order valence-corrected chi connectivity index (χ0v) is 6.15. The Morgan fingerprint density at radius 1 is 1.50 bits per heavy atom. The molecule has 0 unspecified atom stereocenters. The highest BCUT2D eigenvalue weighted by Gasteiger charge is 1.98. The predicted molar refractivity (Wildman–Crippen MR) is 38.8 cm³/mol. The van der Waals surface area contributed by atoms with Crippen LogP contribution in [0.15, 0.2) is 6.07 Å². The third-order valence-electron chi connectivity index (χ3n) is 0.683. The van der Waals surface area contributed by atoms with Crippen molar-refractivity contribution in [1.82, 2.24) is 0 Å². The van der Waals surface area contributed by atoms with Crippen molar-refractivity contribution in [3.8, 4) is 0 Å². The van der Waals surface area contributed by atoms with Gasteiger partial charge in [-0.05, 0) is 6.07 Å². The Labute approximate surface area is 61.0 Å². The van der Waals surface area contributed by atoms with Gasteiger partial charge in [-0.25, -0.2) is 0 Å². The van der Waals surface area contributed by atoms with Gasteiger partial charge < -0.3 is 5.73 Å². The van der Waals surface area contributed by atoms with Gasteiger partial charge in [-0.15, -0.1) is 11.3 Å². The second kappa shape index (κ2) is 2.13. The van der Waals surface area contributed by atoms with Crippen LogP contribution in [0.4, 0.5) is 5.69 Å². The molecule has 0 aliphatic carbocycles. The van der Waals surface area contributed by atoms with Crippen LogP contribution < -0.4 is 5.73 Å². The summed E-state index contributed by atoms with van der Waals surface area (Å²) in [5.41, 5.74) is 5.89. The Bertz CT molecular complexity index is 176. The molecule has 1 rings (SSSR count). The van der Waals surface area contributed by atoms with Crippen molar-refractivity contribution < 1.29 is 0 Å². The van der Waals surface area contributed by atoms with E-state index in [0.29, 0.717) is 14.4 Å². The lowest BCUT2D eigenvalue weighted by Gasteiger charge is -1.77. The topological polar surface area (TPSA) is 26.0 Å². The Hall–Kier alpha value is 0.0800. The van der Waals surface area contributed by atoms with Gasteiger partial charge in [0.25, 0.3) is 0 Å². The largest absolute Gasteiger partial charge is 0.397 e. The number of hydrogen-bond donors (Lipinski definition) is 1. The van der Waals surface area contributed by atoms with Gasteiger partial charge in [0.15, 0.2) is 0 Å². The highest BCUT2D eigenvalue weighted by atomic mass is 35.5. The number of halogens is 2. The molecule has 0 amide bonds. The molecule has 0 fully saturated rings. The summed E-state index contributed by atoms with van der Waals surface area (Å²) in [6.07, 6.45) is 0. The van der Waals surface area contributed by atoms with E-state index < -0.39 is 0 Å². The Morgan fingerprint density at radius 3 is 2.25 bits per heavy atom. The zero-order valence-electron chi connectivity index (χ0n) is 3.82. The van der Waals surface area contributed by atoms with E-state index in [1.807, 2.05) is 0 Å². The van der Waals surface area contributed by atoms with Crippen molar-refractivity contribution in [1.29, 1.82) is 0 Å². The van der Waals surface area contributed by atoms with Crippen LogP contribution in [0.25, 0.3) is 0 Å². The number of thiophene rings is 1. The van der Waals surface area contributed by atoms with Gasteiger partial charge in [0, 0.05) is 0 Å². The first-order chi connectivity index (χ1) is 3.70. The molecule has 4 heteroatoms. The van der Waals surface area contributed by atoms with Gasteiger partial charge in [-0.3, -0.25) is 0 Å². The van der Waals surface area contributed by atoms with E-state index in [1.54, 1.807) is 6.07 Å². The maximum Gasteiger partial charge on any atom is 0.117 e. The molecule has 0 aromatic carbocycles. The molecular formula is C4H3Cl2NS. The van der Waals surface area contributed by atoms with Crippen molar-refractivity contribution in [2.24, 2.45) is 0 Å². The highest BCUT2D eigenvalue weighted by Crippen LogP contribution is 2.32. The summed E-state index contributed by atoms with van der Waals surface area (Å²) in [5.74, 6) is 0. The lowest BCUT2D eigenvalue weighted by Crippen LogP contribution is -1.77. The third-order valence-corrected chi connectivity index (χ3v) is 2.20. The molecule has 1 nitrogen and oxygen atoms in total. The van der Waals surface area contributed by atoms with Gasteiger partial charge in [0.2, 0.25) is 0 Å². The number of anilines is 1. The monoisotopic (exact) mass is 167 g/mol. The summed E-state index contributed by atoms with van der Waals surface area (Å²) in [4.78, 5) is 0. The van der Waals surface area contributed by atoms with Gasteiger partial charge in [-0.2, -0.15) is 0 Å². The van der Waals surface area contributed by atoms with Crippen molar-refractivity contribution in [2.75, 3.05) is 5.73 Å². The van der Waals surface area contributed by atoms with Crippen LogP contribution in [0.1, 0.15) is 0 Å². The fourth-order valence-electron chi connectivity index (χ4n) is 0.353. The van der Waals surface area contributed by atoms with E-state index in [1.165, 1.54) is 11.3 Å². The summed E-state index contributed by atoms with van der Waals surface area (Å²) in [5, 5.41) is 0. The minimum atomic E-state index is 0.557. The predicted octanol–water partition coefficient (Wildman–Crippen LogP) is 2.64. The number of nitrogens with two attached hydrogens (primary N) is 1. The molecule has 1 aromatic rings. The maximum absolute atomic E-state index is 5.54. The maximum atomic E-state index is 5.54. The number of nitrogen functional groups attached to an aromatic ring is 1. The summed E-state index contributed by atoms with van der Waals surface area (Å²) < 4.78 is 1.20. The molecule has 0 aliphatic heterocycles. The summed E-state index contributed by atoms with van der Waals surface area (Å²) in [6.45, 7) is 0. The van der Waals surface area contributed by atoms with Crippen LogP contribution in [0.2, 0.25) is 8.67 Å². The molecular weight excluding hydrogens is 165 g/mol. The van der Waals surface area contributed by atoms with E-state index in [0.717, 1.165) is 0 Å². The summed E-state index contributed by atoms with van der Waals surface area (Å²) >= 11 is 12.3. The molecule has 1 aromatic heterocycles. The minimum Gasteiger partial charge on any atom is -0.397 e. The molecule has 0 radical (unpaired) electrons. The third kappa shape index (κ3) is 1.08. The molecule has 0 spiro atoms. The molecule has 0 saturated heterocycles. The fourth-order valence-corrected chi connectivity index (χ4v) is 1.66. The average molecular weight is 168 g/mol. The first-order valence-electron chi connectivity index (χ1n) is 1.90. The Morgan fingerprint density at radius 2 is 2.12 bits per heavy atom. The van der Waals surface area contributed by atoms with Gasteiger partial charge in [0.05, 0.1) is 10.0 Å². The zero-order chi connectivity index (χ0) is 6.15. The van der Waals surface area contributed by atoms with Crippen LogP contribution in [0, 0.1) is 0 Å². The van der Waals surface area contributed by atoms with Crippen LogP contribution in [-0.2, 0) is 0 Å². The van der Waals surface area contributed by atoms with Crippen LogP contribution in [0.5, 0.6) is 0 Å². The Kier molecular flexibility index (Phi) is 1.65. The molecule has 2 N–H and O–H groups in total. The fraction of sp³-hybridized carbons (Fsp3) is 0. The molecule has 0 bridgehead atoms.